The van der Waals surface area contributed by atoms with Crippen LogP contribution in [0.3, 0.4) is 0 Å². The molecule has 0 saturated heterocycles. The molecule has 1 amide bonds. The Labute approximate surface area is 169 Å². The van der Waals surface area contributed by atoms with Crippen molar-refractivity contribution in [2.24, 2.45) is 0 Å². The van der Waals surface area contributed by atoms with Crippen LogP contribution in [0.5, 0.6) is 0 Å². The minimum Gasteiger partial charge on any atom is -0.459 e. The van der Waals surface area contributed by atoms with Crippen molar-refractivity contribution in [2.45, 2.75) is 26.9 Å². The number of aliphatic hydroxyl groups is 1. The number of benzene rings is 2. The molecule has 5 nitrogen and oxygen atoms in total. The largest absolute Gasteiger partial charge is 0.459 e. The van der Waals surface area contributed by atoms with Crippen LogP contribution < -0.4 is 10.6 Å². The summed E-state index contributed by atoms with van der Waals surface area (Å²) in [7, 11) is 0. The number of thiocarbonyl (C=S) groups is 1. The summed E-state index contributed by atoms with van der Waals surface area (Å²) < 4.78 is 5.59. The summed E-state index contributed by atoms with van der Waals surface area (Å²) in [6.07, 6.45) is 0.927. The highest BCUT2D eigenvalue weighted by Crippen LogP contribution is 2.27. The van der Waals surface area contributed by atoms with Crippen molar-refractivity contribution in [3.8, 4) is 11.3 Å². The number of hydrogen-bond acceptors (Lipinski definition) is 4. The van der Waals surface area contributed by atoms with Crippen LogP contribution >= 0.6 is 12.2 Å². The molecule has 0 aliphatic heterocycles. The van der Waals surface area contributed by atoms with E-state index in [1.165, 1.54) is 5.56 Å². The zero-order chi connectivity index (χ0) is 20.1. The van der Waals surface area contributed by atoms with Crippen LogP contribution in [-0.4, -0.2) is 16.1 Å². The molecular formula is C22H22N2O3S. The number of aryl methyl sites for hydroxylation is 2. The number of carbonyl (C=O) groups excluding carboxylic acids is 1. The predicted molar refractivity (Wildman–Crippen MR) is 114 cm³/mol. The summed E-state index contributed by atoms with van der Waals surface area (Å²) in [6, 6.07) is 16.7. The highest BCUT2D eigenvalue weighted by Gasteiger charge is 2.10. The zero-order valence-electron chi connectivity index (χ0n) is 15.8. The summed E-state index contributed by atoms with van der Waals surface area (Å²) in [5, 5.41) is 15.1. The van der Waals surface area contributed by atoms with Crippen LogP contribution in [0.15, 0.2) is 59.0 Å². The van der Waals surface area contributed by atoms with E-state index >= 15 is 0 Å². The molecule has 144 valence electrons. The van der Waals surface area contributed by atoms with Crippen LogP contribution in [0.2, 0.25) is 0 Å². The van der Waals surface area contributed by atoms with Crippen molar-refractivity contribution in [1.82, 2.24) is 5.32 Å². The number of aliphatic hydroxyl groups excluding tert-OH is 1. The first-order valence-electron chi connectivity index (χ1n) is 9.02. The van der Waals surface area contributed by atoms with Gasteiger partial charge in [-0.3, -0.25) is 10.1 Å². The predicted octanol–water partition coefficient (Wildman–Crippen LogP) is 4.44. The third-order valence-electron chi connectivity index (χ3n) is 4.42. The number of carbonyl (C=O) groups is 1. The normalized spacial score (nSPS) is 10.5. The topological polar surface area (TPSA) is 74.5 Å². The summed E-state index contributed by atoms with van der Waals surface area (Å²) in [4.78, 5) is 12.3. The van der Waals surface area contributed by atoms with E-state index in [0.717, 1.165) is 23.2 Å². The maximum absolute atomic E-state index is 12.3. The van der Waals surface area contributed by atoms with Crippen LogP contribution in [-0.2, 0) is 13.0 Å². The third-order valence-corrected chi connectivity index (χ3v) is 4.62. The Morgan fingerprint density at radius 1 is 1.11 bits per heavy atom. The lowest BCUT2D eigenvalue weighted by Gasteiger charge is -2.12. The standard InChI is InChI=1S/C22H22N2O3S/c1-3-15-4-6-16(7-5-15)21(26)24-22(28)23-17-8-10-19(14(2)12-17)20-11-9-18(13-25)27-20/h4-12,25H,3,13H2,1-2H3,(H2,23,24,26,28). The van der Waals surface area contributed by atoms with E-state index in [-0.39, 0.29) is 17.6 Å². The molecule has 0 spiro atoms. The van der Waals surface area contributed by atoms with E-state index in [1.807, 2.05) is 43.3 Å². The Morgan fingerprint density at radius 3 is 2.46 bits per heavy atom. The zero-order valence-corrected chi connectivity index (χ0v) is 16.6. The summed E-state index contributed by atoms with van der Waals surface area (Å²) in [5.74, 6) is 0.965. The molecule has 0 atom stereocenters. The molecule has 0 aliphatic carbocycles. The summed E-state index contributed by atoms with van der Waals surface area (Å²) in [6.45, 7) is 3.89. The van der Waals surface area contributed by atoms with E-state index < -0.39 is 0 Å². The second-order valence-electron chi connectivity index (χ2n) is 6.41. The van der Waals surface area contributed by atoms with E-state index in [1.54, 1.807) is 18.2 Å². The van der Waals surface area contributed by atoms with Gasteiger partial charge in [0.25, 0.3) is 5.91 Å². The molecule has 1 heterocycles. The lowest BCUT2D eigenvalue weighted by atomic mass is 10.1. The fourth-order valence-corrected chi connectivity index (χ4v) is 3.07. The Morgan fingerprint density at radius 2 is 1.86 bits per heavy atom. The van der Waals surface area contributed by atoms with Gasteiger partial charge in [0.05, 0.1) is 0 Å². The van der Waals surface area contributed by atoms with Crippen molar-refractivity contribution in [2.75, 3.05) is 5.32 Å². The van der Waals surface area contributed by atoms with Gasteiger partial charge in [-0.25, -0.2) is 0 Å². The van der Waals surface area contributed by atoms with Crippen LogP contribution in [0.4, 0.5) is 5.69 Å². The molecular weight excluding hydrogens is 372 g/mol. The summed E-state index contributed by atoms with van der Waals surface area (Å²) in [5.41, 5.74) is 4.41. The van der Waals surface area contributed by atoms with Gasteiger partial charge < -0.3 is 14.8 Å². The number of rotatable bonds is 5. The van der Waals surface area contributed by atoms with Crippen LogP contribution in [0.1, 0.15) is 34.2 Å². The van der Waals surface area contributed by atoms with Gasteiger partial charge in [0.2, 0.25) is 0 Å². The molecule has 2 aromatic carbocycles. The van der Waals surface area contributed by atoms with Gasteiger partial charge in [0.15, 0.2) is 5.11 Å². The average molecular weight is 394 g/mol. The fourth-order valence-electron chi connectivity index (χ4n) is 2.85. The minimum atomic E-state index is -0.249. The Bertz CT molecular complexity index is 993. The lowest BCUT2D eigenvalue weighted by Crippen LogP contribution is -2.34. The quantitative estimate of drug-likeness (QED) is 0.558. The van der Waals surface area contributed by atoms with Gasteiger partial charge in [-0.2, -0.15) is 0 Å². The van der Waals surface area contributed by atoms with E-state index in [9.17, 15) is 4.79 Å². The molecule has 0 bridgehead atoms. The number of amides is 1. The average Bonchev–Trinajstić information content (AvgIpc) is 3.17. The SMILES string of the molecule is CCc1ccc(C(=O)NC(=S)Nc2ccc(-c3ccc(CO)o3)c(C)c2)cc1. The molecule has 6 heteroatoms. The Kier molecular flexibility index (Phi) is 6.23. The molecule has 0 saturated carbocycles. The van der Waals surface area contributed by atoms with Crippen LogP contribution in [0, 0.1) is 6.92 Å². The van der Waals surface area contributed by atoms with E-state index in [2.05, 4.69) is 17.6 Å². The number of anilines is 1. The maximum Gasteiger partial charge on any atom is 0.257 e. The van der Waals surface area contributed by atoms with Crippen LogP contribution in [0.25, 0.3) is 11.3 Å². The minimum absolute atomic E-state index is 0.131. The monoisotopic (exact) mass is 394 g/mol. The van der Waals surface area contributed by atoms with Gasteiger partial charge in [-0.15, -0.1) is 0 Å². The van der Waals surface area contributed by atoms with Gasteiger partial charge in [-0.05, 0) is 79.2 Å². The van der Waals surface area contributed by atoms with Gasteiger partial charge in [0.1, 0.15) is 18.1 Å². The van der Waals surface area contributed by atoms with Gasteiger partial charge in [-0.1, -0.05) is 19.1 Å². The van der Waals surface area contributed by atoms with Gasteiger partial charge in [0, 0.05) is 16.8 Å². The second-order valence-corrected chi connectivity index (χ2v) is 6.82. The first-order chi connectivity index (χ1) is 13.5. The Hall–Kier alpha value is -2.96. The lowest BCUT2D eigenvalue weighted by molar-refractivity contribution is 0.0977. The molecule has 0 unspecified atom stereocenters. The maximum atomic E-state index is 12.3. The number of furan rings is 1. The third kappa shape index (κ3) is 4.65. The number of nitrogens with one attached hydrogen (secondary N) is 2. The first kappa shape index (κ1) is 19.8. The van der Waals surface area contributed by atoms with Crippen molar-refractivity contribution in [1.29, 1.82) is 0 Å². The second kappa shape index (κ2) is 8.82. The van der Waals surface area contributed by atoms with Crippen molar-refractivity contribution in [3.05, 3.63) is 77.0 Å². The molecule has 1 aromatic heterocycles. The highest BCUT2D eigenvalue weighted by molar-refractivity contribution is 7.80. The number of hydrogen-bond donors (Lipinski definition) is 3. The molecule has 0 fully saturated rings. The van der Waals surface area contributed by atoms with Gasteiger partial charge >= 0.3 is 0 Å². The molecule has 3 aromatic rings. The van der Waals surface area contributed by atoms with Crippen molar-refractivity contribution >= 4 is 28.9 Å². The van der Waals surface area contributed by atoms with E-state index in [0.29, 0.717) is 17.1 Å². The van der Waals surface area contributed by atoms with Crippen molar-refractivity contribution in [3.63, 3.8) is 0 Å². The molecule has 0 aliphatic rings. The first-order valence-corrected chi connectivity index (χ1v) is 9.43. The fraction of sp³-hybridized carbons (Fsp3) is 0.182. The van der Waals surface area contributed by atoms with Crippen molar-refractivity contribution < 1.29 is 14.3 Å². The van der Waals surface area contributed by atoms with E-state index in [4.69, 9.17) is 21.7 Å². The molecule has 0 radical (unpaired) electrons. The molecule has 3 rings (SSSR count). The smallest absolute Gasteiger partial charge is 0.257 e. The summed E-state index contributed by atoms with van der Waals surface area (Å²) >= 11 is 5.26. The highest BCUT2D eigenvalue weighted by atomic mass is 32.1. The molecule has 28 heavy (non-hydrogen) atoms. The molecule has 3 N–H and O–H groups in total. The Balaban J connectivity index is 1.65.